The minimum absolute atomic E-state index is 0.110. The van der Waals surface area contributed by atoms with Gasteiger partial charge in [0.1, 0.15) is 11.6 Å². The minimum atomic E-state index is -1.15. The van der Waals surface area contributed by atoms with Crippen LogP contribution < -0.4 is 15.8 Å². The first-order valence-electron chi connectivity index (χ1n) is 7.81. The van der Waals surface area contributed by atoms with E-state index in [1.54, 1.807) is 24.7 Å². The van der Waals surface area contributed by atoms with Crippen LogP contribution >= 0.6 is 11.8 Å². The molecule has 3 N–H and O–H groups in total. The first-order chi connectivity index (χ1) is 12.8. The second kappa shape index (κ2) is 9.03. The van der Waals surface area contributed by atoms with Crippen LogP contribution in [-0.4, -0.2) is 51.6 Å². The summed E-state index contributed by atoms with van der Waals surface area (Å²) in [4.78, 5) is 34.2. The van der Waals surface area contributed by atoms with Crippen LogP contribution in [0.1, 0.15) is 12.7 Å². The number of aryl methyl sites for hydroxylation is 1. The quantitative estimate of drug-likeness (QED) is 0.520. The number of urea groups is 1. The van der Waals surface area contributed by atoms with E-state index in [9.17, 15) is 14.4 Å². The number of methoxy groups -OCH3 is 1. The predicted molar refractivity (Wildman–Crippen MR) is 96.7 cm³/mol. The molecule has 11 heteroatoms. The zero-order valence-electron chi connectivity index (χ0n) is 15.0. The number of aromatic nitrogens is 3. The van der Waals surface area contributed by atoms with Gasteiger partial charge in [0.2, 0.25) is 0 Å². The van der Waals surface area contributed by atoms with Crippen molar-refractivity contribution in [3.8, 4) is 11.4 Å². The van der Waals surface area contributed by atoms with Crippen LogP contribution in [0.25, 0.3) is 5.69 Å². The summed E-state index contributed by atoms with van der Waals surface area (Å²) in [6.07, 6.45) is -1.15. The van der Waals surface area contributed by atoms with E-state index in [0.717, 1.165) is 17.4 Å². The van der Waals surface area contributed by atoms with Gasteiger partial charge in [-0.3, -0.25) is 19.5 Å². The summed E-state index contributed by atoms with van der Waals surface area (Å²) in [7, 11) is 1.56. The van der Waals surface area contributed by atoms with Crippen molar-refractivity contribution in [1.29, 1.82) is 0 Å². The highest BCUT2D eigenvalue weighted by Gasteiger charge is 2.21. The Morgan fingerprint density at radius 1 is 1.30 bits per heavy atom. The van der Waals surface area contributed by atoms with E-state index < -0.39 is 24.0 Å². The maximum atomic E-state index is 12.0. The first kappa shape index (κ1) is 20.2. The lowest BCUT2D eigenvalue weighted by Crippen LogP contribution is -2.42. The molecular formula is C16H19N5O5S. The fourth-order valence-corrected chi connectivity index (χ4v) is 2.93. The number of benzene rings is 1. The molecule has 0 aliphatic carbocycles. The van der Waals surface area contributed by atoms with Crippen LogP contribution in [0.4, 0.5) is 4.79 Å². The highest BCUT2D eigenvalue weighted by atomic mass is 32.2. The number of rotatable bonds is 7. The maximum absolute atomic E-state index is 12.0. The van der Waals surface area contributed by atoms with Crippen LogP contribution in [0, 0.1) is 6.92 Å². The molecule has 0 aliphatic rings. The van der Waals surface area contributed by atoms with Crippen molar-refractivity contribution in [2.24, 2.45) is 5.73 Å². The number of hydrogen-bond donors (Lipinski definition) is 2. The van der Waals surface area contributed by atoms with Crippen LogP contribution in [0.5, 0.6) is 5.75 Å². The number of carbonyl (C=O) groups is 3. The zero-order valence-corrected chi connectivity index (χ0v) is 15.8. The molecule has 10 nitrogen and oxygen atoms in total. The smallest absolute Gasteiger partial charge is 0.318 e. The SMILES string of the molecule is COc1ccccc1-n1c(C)nnc1SCC(=O)O[C@@H](C)C(=O)NC(N)=O. The summed E-state index contributed by atoms with van der Waals surface area (Å²) in [6.45, 7) is 3.11. The molecule has 1 atom stereocenters. The number of thioether (sulfide) groups is 1. The molecular weight excluding hydrogens is 374 g/mol. The van der Waals surface area contributed by atoms with E-state index in [0.29, 0.717) is 16.7 Å². The zero-order chi connectivity index (χ0) is 20.0. The highest BCUT2D eigenvalue weighted by molar-refractivity contribution is 7.99. The lowest BCUT2D eigenvalue weighted by atomic mass is 10.3. The molecule has 0 spiro atoms. The third-order valence-corrected chi connectivity index (χ3v) is 4.27. The number of carbonyl (C=O) groups excluding carboxylic acids is 3. The van der Waals surface area contributed by atoms with E-state index in [1.807, 2.05) is 23.5 Å². The molecule has 3 amide bonds. The third-order valence-electron chi connectivity index (χ3n) is 3.36. The fraction of sp³-hybridized carbons (Fsp3) is 0.312. The number of primary amides is 1. The van der Waals surface area contributed by atoms with E-state index in [2.05, 4.69) is 10.2 Å². The highest BCUT2D eigenvalue weighted by Crippen LogP contribution is 2.28. The summed E-state index contributed by atoms with van der Waals surface area (Å²) in [5.41, 5.74) is 5.58. The summed E-state index contributed by atoms with van der Waals surface area (Å²) in [6, 6.07) is 6.31. The lowest BCUT2D eigenvalue weighted by Gasteiger charge is -2.13. The molecule has 0 unspecified atom stereocenters. The number of nitrogens with one attached hydrogen (secondary N) is 1. The van der Waals surface area contributed by atoms with Gasteiger partial charge in [0.15, 0.2) is 11.3 Å². The molecule has 0 saturated carbocycles. The number of hydrogen-bond acceptors (Lipinski definition) is 8. The average Bonchev–Trinajstić information content (AvgIpc) is 2.99. The second-order valence-corrected chi connectivity index (χ2v) is 6.25. The molecule has 0 aliphatic heterocycles. The molecule has 2 aromatic rings. The summed E-state index contributed by atoms with van der Waals surface area (Å²) < 4.78 is 12.1. The van der Waals surface area contributed by atoms with Gasteiger partial charge in [0.05, 0.1) is 18.6 Å². The lowest BCUT2D eigenvalue weighted by molar-refractivity contribution is -0.151. The van der Waals surface area contributed by atoms with Crippen molar-refractivity contribution in [1.82, 2.24) is 20.1 Å². The van der Waals surface area contributed by atoms with Gasteiger partial charge in [-0.05, 0) is 26.0 Å². The van der Waals surface area contributed by atoms with Crippen molar-refractivity contribution in [3.05, 3.63) is 30.1 Å². The van der Waals surface area contributed by atoms with Gasteiger partial charge in [-0.1, -0.05) is 23.9 Å². The van der Waals surface area contributed by atoms with Crippen molar-refractivity contribution in [3.63, 3.8) is 0 Å². The summed E-state index contributed by atoms with van der Waals surface area (Å²) in [5.74, 6) is -0.319. The van der Waals surface area contributed by atoms with Gasteiger partial charge in [-0.25, -0.2) is 4.79 Å². The van der Waals surface area contributed by atoms with Crippen LogP contribution in [0.2, 0.25) is 0 Å². The van der Waals surface area contributed by atoms with Crippen LogP contribution in [0.3, 0.4) is 0 Å². The minimum Gasteiger partial charge on any atom is -0.495 e. The first-order valence-corrected chi connectivity index (χ1v) is 8.80. The standard InChI is InChI=1S/C16H19N5O5S/c1-9(14(23)18-15(17)24)26-13(22)8-27-16-20-19-10(2)21(16)11-6-4-5-7-12(11)25-3/h4-7,9H,8H2,1-3H3,(H3,17,18,23,24)/t9-/m0/s1. The van der Waals surface area contributed by atoms with Gasteiger partial charge in [-0.15, -0.1) is 10.2 Å². The van der Waals surface area contributed by atoms with E-state index in [1.165, 1.54) is 6.92 Å². The van der Waals surface area contributed by atoms with Crippen molar-refractivity contribution < 1.29 is 23.9 Å². The van der Waals surface area contributed by atoms with Gasteiger partial charge in [0, 0.05) is 0 Å². The van der Waals surface area contributed by atoms with Crippen molar-refractivity contribution in [2.75, 3.05) is 12.9 Å². The monoisotopic (exact) mass is 393 g/mol. The Morgan fingerprint density at radius 2 is 2.00 bits per heavy atom. The van der Waals surface area contributed by atoms with Gasteiger partial charge in [0.25, 0.3) is 5.91 Å². The number of esters is 1. The van der Waals surface area contributed by atoms with Crippen LogP contribution in [-0.2, 0) is 14.3 Å². The Hall–Kier alpha value is -3.08. The molecule has 0 radical (unpaired) electrons. The Labute approximate surface area is 159 Å². The average molecular weight is 393 g/mol. The van der Waals surface area contributed by atoms with Gasteiger partial charge < -0.3 is 15.2 Å². The van der Waals surface area contributed by atoms with Crippen molar-refractivity contribution >= 4 is 29.7 Å². The van der Waals surface area contributed by atoms with Gasteiger partial charge >= 0.3 is 12.0 Å². The maximum Gasteiger partial charge on any atom is 0.318 e. The number of para-hydroxylation sites is 2. The molecule has 0 bridgehead atoms. The van der Waals surface area contributed by atoms with E-state index in [-0.39, 0.29) is 5.75 Å². The number of nitrogens with zero attached hydrogens (tertiary/aromatic N) is 3. The van der Waals surface area contributed by atoms with Crippen molar-refractivity contribution in [2.45, 2.75) is 25.1 Å². The molecule has 1 heterocycles. The molecule has 1 aromatic heterocycles. The molecule has 2 rings (SSSR count). The van der Waals surface area contributed by atoms with Crippen LogP contribution in [0.15, 0.2) is 29.4 Å². The Balaban J connectivity index is 2.06. The van der Waals surface area contributed by atoms with E-state index in [4.69, 9.17) is 15.2 Å². The van der Waals surface area contributed by atoms with E-state index >= 15 is 0 Å². The molecule has 0 fully saturated rings. The number of imide groups is 1. The molecule has 27 heavy (non-hydrogen) atoms. The number of nitrogens with two attached hydrogens (primary N) is 1. The number of ether oxygens (including phenoxy) is 2. The Morgan fingerprint density at radius 3 is 2.67 bits per heavy atom. The summed E-state index contributed by atoms with van der Waals surface area (Å²) >= 11 is 1.09. The Bertz CT molecular complexity index is 853. The molecule has 0 saturated heterocycles. The normalized spacial score (nSPS) is 11.5. The fourth-order valence-electron chi connectivity index (χ4n) is 2.16. The Kier molecular flexibility index (Phi) is 6.77. The molecule has 1 aromatic carbocycles. The molecule has 144 valence electrons. The summed E-state index contributed by atoms with van der Waals surface area (Å²) in [5, 5.41) is 10.4. The third kappa shape index (κ3) is 5.20. The second-order valence-electron chi connectivity index (χ2n) is 5.31. The van der Waals surface area contributed by atoms with Gasteiger partial charge in [-0.2, -0.15) is 0 Å². The topological polar surface area (TPSA) is 138 Å². The number of amides is 3. The predicted octanol–water partition coefficient (Wildman–Crippen LogP) is 0.803. The largest absolute Gasteiger partial charge is 0.495 e.